The van der Waals surface area contributed by atoms with Gasteiger partial charge in [-0.2, -0.15) is 4.31 Å². The fourth-order valence-corrected chi connectivity index (χ4v) is 4.63. The molecule has 1 saturated heterocycles. The summed E-state index contributed by atoms with van der Waals surface area (Å²) < 4.78 is 53.8. The molecule has 3 heterocycles. The Kier molecular flexibility index (Phi) is 5.20. The number of benzene rings is 1. The molecule has 0 unspecified atom stereocenters. The number of piperazine rings is 1. The van der Waals surface area contributed by atoms with E-state index in [-0.39, 0.29) is 13.1 Å². The van der Waals surface area contributed by atoms with E-state index in [0.717, 1.165) is 22.0 Å². The van der Waals surface area contributed by atoms with Crippen LogP contribution < -0.4 is 4.90 Å². The van der Waals surface area contributed by atoms with Gasteiger partial charge < -0.3 is 4.90 Å². The number of pyridine rings is 1. The summed E-state index contributed by atoms with van der Waals surface area (Å²) in [5, 5.41) is 8.43. The minimum atomic E-state index is -4.11. The van der Waals surface area contributed by atoms with Crippen LogP contribution in [0, 0.1) is 11.6 Å². The number of aromatic nitrogens is 3. The Balaban J connectivity index is 1.46. The molecule has 150 valence electrons. The second-order valence-corrected chi connectivity index (χ2v) is 8.39. The van der Waals surface area contributed by atoms with Crippen LogP contribution in [-0.2, 0) is 10.0 Å². The van der Waals surface area contributed by atoms with Gasteiger partial charge in [0, 0.05) is 44.1 Å². The van der Waals surface area contributed by atoms with E-state index < -0.39 is 26.6 Å². The van der Waals surface area contributed by atoms with Gasteiger partial charge in [-0.15, -0.1) is 10.2 Å². The molecule has 29 heavy (non-hydrogen) atoms. The van der Waals surface area contributed by atoms with E-state index in [4.69, 9.17) is 0 Å². The summed E-state index contributed by atoms with van der Waals surface area (Å²) in [7, 11) is -4.11. The SMILES string of the molecule is O=S(=O)(c1cc(F)ccc1F)N1CCN(c2ccc(-c3cccnc3)nn2)CC1. The van der Waals surface area contributed by atoms with Gasteiger partial charge in [0.05, 0.1) is 5.69 Å². The predicted molar refractivity (Wildman–Crippen MR) is 103 cm³/mol. The van der Waals surface area contributed by atoms with E-state index in [1.54, 1.807) is 12.4 Å². The summed E-state index contributed by atoms with van der Waals surface area (Å²) in [6.45, 7) is 0.975. The number of rotatable bonds is 4. The number of hydrogen-bond acceptors (Lipinski definition) is 6. The third-order valence-corrected chi connectivity index (χ3v) is 6.60. The van der Waals surface area contributed by atoms with Gasteiger partial charge in [-0.3, -0.25) is 4.98 Å². The second kappa shape index (κ2) is 7.80. The molecule has 2 aromatic heterocycles. The van der Waals surface area contributed by atoms with Crippen molar-refractivity contribution in [3.63, 3.8) is 0 Å². The first kappa shape index (κ1) is 19.3. The Labute approximate surface area is 166 Å². The van der Waals surface area contributed by atoms with Gasteiger partial charge in [0.1, 0.15) is 16.5 Å². The molecule has 0 N–H and O–H groups in total. The van der Waals surface area contributed by atoms with E-state index >= 15 is 0 Å². The molecular formula is C19H17F2N5O2S. The van der Waals surface area contributed by atoms with Crippen molar-refractivity contribution in [1.29, 1.82) is 0 Å². The van der Waals surface area contributed by atoms with E-state index in [1.807, 2.05) is 29.2 Å². The predicted octanol–water partition coefficient (Wildman–Crippen LogP) is 2.33. The molecule has 4 rings (SSSR count). The minimum Gasteiger partial charge on any atom is -0.352 e. The number of hydrogen-bond donors (Lipinski definition) is 0. The third-order valence-electron chi connectivity index (χ3n) is 4.68. The van der Waals surface area contributed by atoms with Gasteiger partial charge in [-0.1, -0.05) is 0 Å². The first-order chi connectivity index (χ1) is 13.9. The summed E-state index contributed by atoms with van der Waals surface area (Å²) in [5.74, 6) is -1.15. The van der Waals surface area contributed by atoms with Gasteiger partial charge in [-0.25, -0.2) is 17.2 Å². The molecule has 1 fully saturated rings. The summed E-state index contributed by atoms with van der Waals surface area (Å²) in [5.41, 5.74) is 1.53. The lowest BCUT2D eigenvalue weighted by atomic mass is 10.2. The molecular weight excluding hydrogens is 400 g/mol. The molecule has 1 aromatic carbocycles. The summed E-state index contributed by atoms with van der Waals surface area (Å²) in [4.78, 5) is 5.30. The Morgan fingerprint density at radius 2 is 1.72 bits per heavy atom. The fourth-order valence-electron chi connectivity index (χ4n) is 3.13. The lowest BCUT2D eigenvalue weighted by Gasteiger charge is -2.34. The third kappa shape index (κ3) is 3.94. The van der Waals surface area contributed by atoms with Crippen LogP contribution in [0.25, 0.3) is 11.3 Å². The van der Waals surface area contributed by atoms with E-state index in [2.05, 4.69) is 15.2 Å². The van der Waals surface area contributed by atoms with Crippen molar-refractivity contribution in [2.75, 3.05) is 31.1 Å². The van der Waals surface area contributed by atoms with Crippen LogP contribution in [-0.4, -0.2) is 54.1 Å². The maximum atomic E-state index is 13.9. The Bertz CT molecular complexity index is 1100. The highest BCUT2D eigenvalue weighted by atomic mass is 32.2. The van der Waals surface area contributed by atoms with Crippen LogP contribution in [0.5, 0.6) is 0 Å². The molecule has 7 nitrogen and oxygen atoms in total. The monoisotopic (exact) mass is 417 g/mol. The average Bonchev–Trinajstić information content (AvgIpc) is 2.76. The van der Waals surface area contributed by atoms with Crippen molar-refractivity contribution < 1.29 is 17.2 Å². The molecule has 10 heteroatoms. The normalized spacial score (nSPS) is 15.4. The molecule has 0 amide bonds. The van der Waals surface area contributed by atoms with E-state index in [0.29, 0.717) is 30.7 Å². The van der Waals surface area contributed by atoms with Crippen molar-refractivity contribution in [2.45, 2.75) is 4.90 Å². The van der Waals surface area contributed by atoms with Crippen molar-refractivity contribution >= 4 is 15.8 Å². The Morgan fingerprint density at radius 3 is 2.38 bits per heavy atom. The summed E-state index contributed by atoms with van der Waals surface area (Å²) >= 11 is 0. The lowest BCUT2D eigenvalue weighted by Crippen LogP contribution is -2.49. The zero-order chi connectivity index (χ0) is 20.4. The molecule has 0 aliphatic carbocycles. The van der Waals surface area contributed by atoms with Crippen molar-refractivity contribution in [3.8, 4) is 11.3 Å². The van der Waals surface area contributed by atoms with E-state index in [9.17, 15) is 17.2 Å². The largest absolute Gasteiger partial charge is 0.352 e. The van der Waals surface area contributed by atoms with Crippen LogP contribution in [0.15, 0.2) is 59.8 Å². The topological polar surface area (TPSA) is 79.3 Å². The zero-order valence-electron chi connectivity index (χ0n) is 15.2. The molecule has 0 spiro atoms. The molecule has 3 aromatic rings. The number of sulfonamides is 1. The minimum absolute atomic E-state index is 0.129. The van der Waals surface area contributed by atoms with Gasteiger partial charge in [0.15, 0.2) is 5.82 Å². The molecule has 0 bridgehead atoms. The van der Waals surface area contributed by atoms with Crippen LogP contribution in [0.1, 0.15) is 0 Å². The Hall–Kier alpha value is -2.98. The smallest absolute Gasteiger partial charge is 0.246 e. The fraction of sp³-hybridized carbons (Fsp3) is 0.211. The maximum Gasteiger partial charge on any atom is 0.246 e. The maximum absolute atomic E-state index is 13.9. The van der Waals surface area contributed by atoms with Gasteiger partial charge in [0.25, 0.3) is 0 Å². The quantitative estimate of drug-likeness (QED) is 0.648. The van der Waals surface area contributed by atoms with Crippen LogP contribution in [0.2, 0.25) is 0 Å². The number of anilines is 1. The molecule has 0 radical (unpaired) electrons. The highest BCUT2D eigenvalue weighted by Crippen LogP contribution is 2.23. The van der Waals surface area contributed by atoms with Gasteiger partial charge in [0.2, 0.25) is 10.0 Å². The standard InChI is InChI=1S/C19H17F2N5O2S/c20-15-3-4-16(21)18(12-15)29(27,28)26-10-8-25(9-11-26)19-6-5-17(23-24-19)14-2-1-7-22-13-14/h1-7,12-13H,8-11H2. The van der Waals surface area contributed by atoms with E-state index in [1.165, 1.54) is 0 Å². The highest BCUT2D eigenvalue weighted by Gasteiger charge is 2.31. The highest BCUT2D eigenvalue weighted by molar-refractivity contribution is 7.89. The van der Waals surface area contributed by atoms with Crippen molar-refractivity contribution in [1.82, 2.24) is 19.5 Å². The Morgan fingerprint density at radius 1 is 0.931 bits per heavy atom. The summed E-state index contributed by atoms with van der Waals surface area (Å²) in [6.07, 6.45) is 3.37. The zero-order valence-corrected chi connectivity index (χ0v) is 16.1. The molecule has 1 aliphatic heterocycles. The first-order valence-electron chi connectivity index (χ1n) is 8.89. The van der Waals surface area contributed by atoms with Gasteiger partial charge >= 0.3 is 0 Å². The van der Waals surface area contributed by atoms with Gasteiger partial charge in [-0.05, 0) is 42.5 Å². The molecule has 1 aliphatic rings. The van der Waals surface area contributed by atoms with Crippen LogP contribution >= 0.6 is 0 Å². The van der Waals surface area contributed by atoms with Crippen LogP contribution in [0.4, 0.5) is 14.6 Å². The average molecular weight is 417 g/mol. The first-order valence-corrected chi connectivity index (χ1v) is 10.3. The molecule has 0 atom stereocenters. The molecule has 0 saturated carbocycles. The summed E-state index contributed by atoms with van der Waals surface area (Å²) in [6, 6.07) is 9.74. The lowest BCUT2D eigenvalue weighted by molar-refractivity contribution is 0.380. The number of halogens is 2. The van der Waals surface area contributed by atoms with Crippen molar-refractivity contribution in [2.24, 2.45) is 0 Å². The number of nitrogens with zero attached hydrogens (tertiary/aromatic N) is 5. The van der Waals surface area contributed by atoms with Crippen LogP contribution in [0.3, 0.4) is 0 Å². The second-order valence-electron chi connectivity index (χ2n) is 6.48. The van der Waals surface area contributed by atoms with Crippen molar-refractivity contribution in [3.05, 3.63) is 66.5 Å².